The summed E-state index contributed by atoms with van der Waals surface area (Å²) in [5, 5.41) is 4.78. The minimum absolute atomic E-state index is 0.0427. The van der Waals surface area contributed by atoms with Crippen LogP contribution in [0.3, 0.4) is 0 Å². The molecule has 4 fully saturated rings. The van der Waals surface area contributed by atoms with Crippen LogP contribution in [0.2, 0.25) is 16.6 Å². The lowest BCUT2D eigenvalue weighted by Gasteiger charge is -2.38. The highest BCUT2D eigenvalue weighted by molar-refractivity contribution is 6.90. The van der Waals surface area contributed by atoms with Gasteiger partial charge in [-0.2, -0.15) is 9.97 Å². The third kappa shape index (κ3) is 7.24. The molecule has 1 aromatic heterocycles. The number of aromatic nitrogens is 2. The predicted molar refractivity (Wildman–Crippen MR) is 228 cm³/mol. The van der Waals surface area contributed by atoms with E-state index in [4.69, 9.17) is 24.2 Å². The molecule has 0 amide bonds. The van der Waals surface area contributed by atoms with Crippen LogP contribution in [0.1, 0.15) is 79.7 Å². The molecule has 1 saturated carbocycles. The molecule has 3 aromatic carbocycles. The highest BCUT2D eigenvalue weighted by Crippen LogP contribution is 2.49. The number of nitrogens with one attached hydrogen (secondary N) is 1. The number of methoxy groups -OCH3 is 1. The van der Waals surface area contributed by atoms with Crippen molar-refractivity contribution in [2.24, 2.45) is 5.41 Å². The first kappa shape index (κ1) is 40.9. The number of nitrogens with zero attached hydrogens (tertiary/aromatic N) is 4. The summed E-state index contributed by atoms with van der Waals surface area (Å²) in [7, 11) is -0.921. The van der Waals surface area contributed by atoms with Crippen molar-refractivity contribution in [1.82, 2.24) is 20.2 Å². The lowest BCUT2D eigenvalue weighted by molar-refractivity contribution is -0.0134. The highest BCUT2D eigenvalue weighted by Gasteiger charge is 2.46. The van der Waals surface area contributed by atoms with Crippen LogP contribution in [0.4, 0.5) is 19.0 Å². The summed E-state index contributed by atoms with van der Waals surface area (Å²) in [4.78, 5) is 14.2. The zero-order chi connectivity index (χ0) is 41.1. The molecule has 310 valence electrons. The molecule has 3 saturated heterocycles. The van der Waals surface area contributed by atoms with Gasteiger partial charge in [0.25, 0.3) is 0 Å². The van der Waals surface area contributed by atoms with Crippen LogP contribution >= 0.6 is 0 Å². The van der Waals surface area contributed by atoms with Crippen LogP contribution in [-0.2, 0) is 4.74 Å². The maximum Gasteiger partial charge on any atom is 0.319 e. The van der Waals surface area contributed by atoms with Crippen LogP contribution in [0.25, 0.3) is 32.8 Å². The second-order valence-electron chi connectivity index (χ2n) is 18.3. The van der Waals surface area contributed by atoms with E-state index in [0.717, 1.165) is 38.8 Å². The molecule has 0 radical (unpaired) electrons. The fourth-order valence-electron chi connectivity index (χ4n) is 10.4. The molecule has 3 atom stereocenters. The van der Waals surface area contributed by atoms with Gasteiger partial charge in [-0.3, -0.25) is 4.90 Å². The number of ether oxygens (including phenoxy) is 3. The van der Waals surface area contributed by atoms with Gasteiger partial charge in [0.1, 0.15) is 25.2 Å². The Hall–Kier alpha value is -3.89. The Labute approximate surface area is 342 Å². The van der Waals surface area contributed by atoms with Crippen molar-refractivity contribution in [3.63, 3.8) is 0 Å². The number of piperazine rings is 1. The number of morpholine rings is 1. The van der Waals surface area contributed by atoms with Gasteiger partial charge in [0.05, 0.1) is 43.4 Å². The number of hydrogen-bond donors (Lipinski definition) is 1. The van der Waals surface area contributed by atoms with Gasteiger partial charge in [0.2, 0.25) is 0 Å². The summed E-state index contributed by atoms with van der Waals surface area (Å²) in [6.45, 7) is 20.1. The van der Waals surface area contributed by atoms with E-state index < -0.39 is 25.5 Å². The monoisotopic (exact) mass is 813 g/mol. The zero-order valence-electron chi connectivity index (χ0n) is 35.3. The second-order valence-corrected chi connectivity index (χ2v) is 23.9. The molecule has 8 nitrogen and oxygen atoms in total. The number of rotatable bonds is 11. The van der Waals surface area contributed by atoms with Gasteiger partial charge in [0.15, 0.2) is 17.4 Å². The predicted octanol–water partition coefficient (Wildman–Crippen LogP) is 9.27. The van der Waals surface area contributed by atoms with Crippen LogP contribution in [-0.4, -0.2) is 94.2 Å². The molecule has 4 aliphatic rings. The molecule has 1 aliphatic carbocycles. The number of halogens is 3. The average molecular weight is 814 g/mol. The Morgan fingerprint density at radius 2 is 1.66 bits per heavy atom. The van der Waals surface area contributed by atoms with E-state index in [1.165, 1.54) is 13.2 Å². The number of benzene rings is 3. The third-order valence-electron chi connectivity index (χ3n) is 13.7. The molecule has 1 N–H and O–H groups in total. The summed E-state index contributed by atoms with van der Waals surface area (Å²) in [6.07, 6.45) is 4.04. The summed E-state index contributed by atoms with van der Waals surface area (Å²) in [5.74, 6) is 1.21. The maximum atomic E-state index is 17.7. The van der Waals surface area contributed by atoms with Gasteiger partial charge in [-0.15, -0.1) is 5.54 Å². The van der Waals surface area contributed by atoms with Crippen LogP contribution in [0, 0.1) is 34.3 Å². The fourth-order valence-corrected chi connectivity index (χ4v) is 15.6. The average Bonchev–Trinajstić information content (AvgIpc) is 3.88. The van der Waals surface area contributed by atoms with Gasteiger partial charge in [-0.1, -0.05) is 71.7 Å². The molecule has 2 unspecified atom stereocenters. The van der Waals surface area contributed by atoms with Crippen molar-refractivity contribution in [1.29, 1.82) is 0 Å². The number of fused-ring (bicyclic) bond motifs is 4. The smallest absolute Gasteiger partial charge is 0.319 e. The van der Waals surface area contributed by atoms with Crippen molar-refractivity contribution in [3.8, 4) is 34.4 Å². The largest absolute Gasteiger partial charge is 0.493 e. The quantitative estimate of drug-likeness (QED) is 0.119. The lowest BCUT2D eigenvalue weighted by Crippen LogP contribution is -2.51. The molecule has 12 heteroatoms. The molecular formula is C46H58F3N5O3Si. The van der Waals surface area contributed by atoms with Gasteiger partial charge < -0.3 is 24.4 Å². The van der Waals surface area contributed by atoms with Crippen molar-refractivity contribution >= 4 is 35.6 Å². The van der Waals surface area contributed by atoms with Crippen molar-refractivity contribution in [2.45, 2.75) is 109 Å². The van der Waals surface area contributed by atoms with E-state index in [1.54, 1.807) is 18.2 Å². The van der Waals surface area contributed by atoms with Gasteiger partial charge >= 0.3 is 6.01 Å². The minimum Gasteiger partial charge on any atom is -0.493 e. The third-order valence-corrected chi connectivity index (χ3v) is 20.0. The van der Waals surface area contributed by atoms with E-state index in [-0.39, 0.29) is 56.9 Å². The SMILES string of the molecule is COc1c(F)c(-c2cccc3ccc(F)c(C#C[Si](C(C)C)(C(C)C)C(C)C)c23)c(F)c2nc(OCC3(CN4CCOC[C@H]4C)CC3)nc(N3CC4CCC(C3)N4)c12. The van der Waals surface area contributed by atoms with E-state index >= 15 is 13.2 Å². The first-order valence-electron chi connectivity index (χ1n) is 21.2. The molecule has 58 heavy (non-hydrogen) atoms. The summed E-state index contributed by atoms with van der Waals surface area (Å²) < 4.78 is 69.2. The van der Waals surface area contributed by atoms with Crippen LogP contribution in [0.5, 0.6) is 11.8 Å². The number of anilines is 1. The summed E-state index contributed by atoms with van der Waals surface area (Å²) in [6, 6.07) is 9.04. The van der Waals surface area contributed by atoms with E-state index in [2.05, 4.69) is 75.0 Å². The summed E-state index contributed by atoms with van der Waals surface area (Å²) in [5.41, 5.74) is 4.39. The first-order chi connectivity index (χ1) is 27.8. The Morgan fingerprint density at radius 1 is 0.948 bits per heavy atom. The number of hydrogen-bond acceptors (Lipinski definition) is 8. The first-order valence-corrected chi connectivity index (χ1v) is 23.5. The van der Waals surface area contributed by atoms with Gasteiger partial charge in [0, 0.05) is 55.1 Å². The van der Waals surface area contributed by atoms with Gasteiger partial charge in [-0.05, 0) is 66.2 Å². The Bertz CT molecular complexity index is 2240. The molecule has 2 bridgehead atoms. The topological polar surface area (TPSA) is 72.0 Å². The van der Waals surface area contributed by atoms with E-state index in [9.17, 15) is 0 Å². The van der Waals surface area contributed by atoms with Crippen molar-refractivity contribution < 1.29 is 27.4 Å². The zero-order valence-corrected chi connectivity index (χ0v) is 36.3. The molecule has 4 heterocycles. The molecular weight excluding hydrogens is 756 g/mol. The van der Waals surface area contributed by atoms with Gasteiger partial charge in [-0.25, -0.2) is 13.2 Å². The Balaban J connectivity index is 1.30. The lowest BCUT2D eigenvalue weighted by atomic mass is 9.92. The van der Waals surface area contributed by atoms with E-state index in [0.29, 0.717) is 72.2 Å². The maximum absolute atomic E-state index is 17.7. The Morgan fingerprint density at radius 3 is 2.29 bits per heavy atom. The fraction of sp³-hybridized carbons (Fsp3) is 0.565. The second kappa shape index (κ2) is 15.9. The molecule has 3 aliphatic heterocycles. The van der Waals surface area contributed by atoms with Crippen molar-refractivity contribution in [3.05, 3.63) is 53.3 Å². The minimum atomic E-state index is -2.30. The highest BCUT2D eigenvalue weighted by atomic mass is 28.3. The van der Waals surface area contributed by atoms with E-state index in [1.807, 2.05) is 6.07 Å². The summed E-state index contributed by atoms with van der Waals surface area (Å²) >= 11 is 0. The van der Waals surface area contributed by atoms with Crippen LogP contribution in [0.15, 0.2) is 30.3 Å². The molecule has 8 rings (SSSR count). The molecule has 0 spiro atoms. The standard InChI is InChI=1S/C46H58F3N5O3Si/c1-27(2)58(28(3)4,29(5)6)21-16-34-36(47)15-12-31-10-9-11-35(37(31)34)38-40(48)42-39(43(55-8)41(38)49)44(54-22-32-13-14-33(23-54)50-32)52-45(51-42)57-26-46(17-18-46)25-53-19-20-56-24-30(53)7/h9-12,15,27-30,32-33,50H,13-14,17-20,22-26H2,1-8H3/t30-,32?,33?/m1/s1. The Kier molecular flexibility index (Phi) is 11.2. The molecule has 4 aromatic rings. The normalized spacial score (nSPS) is 22.0. The van der Waals surface area contributed by atoms with Crippen LogP contribution < -0.4 is 19.7 Å². The van der Waals surface area contributed by atoms with Crippen molar-refractivity contribution in [2.75, 3.05) is 58.0 Å².